The Morgan fingerprint density at radius 3 is 2.56 bits per heavy atom. The van der Waals surface area contributed by atoms with Crippen molar-refractivity contribution in [1.29, 1.82) is 0 Å². The maximum Gasteiger partial charge on any atom is 0.263 e. The van der Waals surface area contributed by atoms with Gasteiger partial charge in [-0.05, 0) is 44.3 Å². The summed E-state index contributed by atoms with van der Waals surface area (Å²) in [5.41, 5.74) is 3.01. The number of fused-ring (bicyclic) bond motifs is 1. The number of likely N-dealkylation sites (N-methyl/N-ethyl adjacent to an activating group) is 1. The monoisotopic (exact) mass is 489 g/mol. The number of ether oxygens (including phenoxy) is 1. The van der Waals surface area contributed by atoms with Gasteiger partial charge >= 0.3 is 0 Å². The number of nitrogens with zero attached hydrogens (tertiary/aromatic N) is 3. The van der Waals surface area contributed by atoms with Gasteiger partial charge in [0.1, 0.15) is 11.3 Å². The van der Waals surface area contributed by atoms with E-state index in [0.717, 1.165) is 31.9 Å². The molecule has 2 aliphatic heterocycles. The van der Waals surface area contributed by atoms with E-state index in [0.29, 0.717) is 34.2 Å². The molecule has 0 atom stereocenters. The number of piperazine rings is 1. The number of carbonyl (C=O) groups excluding carboxylic acids is 2. The van der Waals surface area contributed by atoms with Gasteiger partial charge in [0, 0.05) is 49.3 Å². The molecule has 4 heterocycles. The summed E-state index contributed by atoms with van der Waals surface area (Å²) < 4.78 is 5.35. The predicted octanol–water partition coefficient (Wildman–Crippen LogP) is 2.16. The number of aromatic amines is 1. The maximum atomic E-state index is 13.1. The van der Waals surface area contributed by atoms with E-state index in [4.69, 9.17) is 4.74 Å². The Hall–Kier alpha value is -4.38. The highest BCUT2D eigenvalue weighted by Crippen LogP contribution is 2.34. The molecule has 1 fully saturated rings. The average Bonchev–Trinajstić information content (AvgIpc) is 2.87. The van der Waals surface area contributed by atoms with Gasteiger partial charge in [-0.25, -0.2) is 4.98 Å². The Morgan fingerprint density at radius 1 is 1.06 bits per heavy atom. The molecule has 2 amide bonds. The van der Waals surface area contributed by atoms with Crippen molar-refractivity contribution in [3.63, 3.8) is 0 Å². The van der Waals surface area contributed by atoms with E-state index in [1.54, 1.807) is 13.0 Å². The molecule has 2 aliphatic rings. The SMILES string of the molecule is Cc1c(Nc2cc[nH]c(=O)c2C(=O)Nc2ccc(N3CCN(C)CC3)cc2)cnc2c1NC(=O)CO2. The molecule has 186 valence electrons. The van der Waals surface area contributed by atoms with E-state index in [1.807, 2.05) is 24.3 Å². The molecular weight excluding hydrogens is 462 g/mol. The number of hydrogen-bond acceptors (Lipinski definition) is 8. The second-order valence-electron chi connectivity index (χ2n) is 8.83. The minimum atomic E-state index is -0.549. The van der Waals surface area contributed by atoms with Crippen LogP contribution in [0, 0.1) is 6.92 Å². The van der Waals surface area contributed by atoms with Crippen LogP contribution in [-0.2, 0) is 4.79 Å². The Labute approximate surface area is 207 Å². The Balaban J connectivity index is 1.35. The summed E-state index contributed by atoms with van der Waals surface area (Å²) in [5, 5.41) is 8.67. The normalized spacial score (nSPS) is 15.5. The van der Waals surface area contributed by atoms with Gasteiger partial charge in [-0.3, -0.25) is 14.4 Å². The molecule has 0 saturated carbocycles. The summed E-state index contributed by atoms with van der Waals surface area (Å²) in [7, 11) is 2.11. The fraction of sp³-hybridized carbons (Fsp3) is 0.280. The lowest BCUT2D eigenvalue weighted by Crippen LogP contribution is -2.44. The van der Waals surface area contributed by atoms with Crippen molar-refractivity contribution in [2.24, 2.45) is 0 Å². The van der Waals surface area contributed by atoms with Crippen LogP contribution in [0.2, 0.25) is 0 Å². The number of anilines is 5. The van der Waals surface area contributed by atoms with Crippen LogP contribution in [0.1, 0.15) is 15.9 Å². The molecule has 0 unspecified atom stereocenters. The van der Waals surface area contributed by atoms with Crippen LogP contribution in [0.3, 0.4) is 0 Å². The van der Waals surface area contributed by atoms with Gasteiger partial charge in [-0.1, -0.05) is 0 Å². The molecule has 36 heavy (non-hydrogen) atoms. The van der Waals surface area contributed by atoms with Crippen LogP contribution >= 0.6 is 0 Å². The summed E-state index contributed by atoms with van der Waals surface area (Å²) in [6, 6.07) is 9.19. The van der Waals surface area contributed by atoms with E-state index in [1.165, 1.54) is 12.4 Å². The van der Waals surface area contributed by atoms with Gasteiger partial charge in [0.25, 0.3) is 17.4 Å². The summed E-state index contributed by atoms with van der Waals surface area (Å²) >= 11 is 0. The maximum absolute atomic E-state index is 13.1. The number of aromatic nitrogens is 2. The molecule has 0 aliphatic carbocycles. The van der Waals surface area contributed by atoms with E-state index >= 15 is 0 Å². The quantitative estimate of drug-likeness (QED) is 0.429. The molecule has 2 aromatic heterocycles. The second kappa shape index (κ2) is 9.70. The second-order valence-corrected chi connectivity index (χ2v) is 8.83. The van der Waals surface area contributed by atoms with Gasteiger partial charge in [0.15, 0.2) is 6.61 Å². The van der Waals surface area contributed by atoms with E-state index in [9.17, 15) is 14.4 Å². The van der Waals surface area contributed by atoms with Gasteiger partial charge in [-0.15, -0.1) is 0 Å². The van der Waals surface area contributed by atoms with E-state index < -0.39 is 11.5 Å². The minimum Gasteiger partial charge on any atom is -0.466 e. The first kappa shape index (κ1) is 23.4. The molecule has 0 bridgehead atoms. The summed E-state index contributed by atoms with van der Waals surface area (Å²) in [4.78, 5) is 48.9. The third-order valence-corrected chi connectivity index (χ3v) is 6.36. The Bertz CT molecular complexity index is 1360. The van der Waals surface area contributed by atoms with Crippen LogP contribution in [0.15, 0.2) is 47.5 Å². The Morgan fingerprint density at radius 2 is 1.81 bits per heavy atom. The Kier molecular flexibility index (Phi) is 6.30. The molecule has 3 aromatic rings. The highest BCUT2D eigenvalue weighted by Gasteiger charge is 2.23. The lowest BCUT2D eigenvalue weighted by atomic mass is 10.1. The number of benzene rings is 1. The number of amides is 2. The summed E-state index contributed by atoms with van der Waals surface area (Å²) in [6.07, 6.45) is 2.99. The van der Waals surface area contributed by atoms with E-state index in [2.05, 4.69) is 42.8 Å². The zero-order chi connectivity index (χ0) is 25.2. The highest BCUT2D eigenvalue weighted by atomic mass is 16.5. The van der Waals surface area contributed by atoms with Crippen molar-refractivity contribution in [2.45, 2.75) is 6.92 Å². The molecule has 1 aromatic carbocycles. The topological polar surface area (TPSA) is 132 Å². The van der Waals surface area contributed by atoms with Crippen molar-refractivity contribution in [3.8, 4) is 5.88 Å². The molecule has 4 N–H and O–H groups in total. The van der Waals surface area contributed by atoms with E-state index in [-0.39, 0.29) is 18.1 Å². The first-order valence-corrected chi connectivity index (χ1v) is 11.6. The van der Waals surface area contributed by atoms with Crippen LogP contribution in [0.4, 0.5) is 28.4 Å². The first-order valence-electron chi connectivity index (χ1n) is 11.6. The van der Waals surface area contributed by atoms with Crippen LogP contribution in [0.5, 0.6) is 5.88 Å². The zero-order valence-electron chi connectivity index (χ0n) is 20.1. The van der Waals surface area contributed by atoms with Crippen molar-refractivity contribution >= 4 is 40.3 Å². The molecule has 1 saturated heterocycles. The largest absolute Gasteiger partial charge is 0.466 e. The first-order chi connectivity index (χ1) is 17.4. The average molecular weight is 490 g/mol. The number of H-pyrrole nitrogens is 1. The molecular formula is C25H27N7O4. The summed E-state index contributed by atoms with van der Waals surface area (Å²) in [6.45, 7) is 5.59. The van der Waals surface area contributed by atoms with Gasteiger partial charge in [-0.2, -0.15) is 0 Å². The van der Waals surface area contributed by atoms with Crippen molar-refractivity contribution in [2.75, 3.05) is 60.7 Å². The van der Waals surface area contributed by atoms with Gasteiger partial charge in [0.2, 0.25) is 5.88 Å². The fourth-order valence-corrected chi connectivity index (χ4v) is 4.24. The van der Waals surface area contributed by atoms with Gasteiger partial charge in [0.05, 0.1) is 17.6 Å². The summed E-state index contributed by atoms with van der Waals surface area (Å²) in [5.74, 6) is -0.507. The molecule has 11 heteroatoms. The number of pyridine rings is 2. The zero-order valence-corrected chi connectivity index (χ0v) is 20.1. The standard InChI is InChI=1S/C25H27N7O4/c1-15-19(13-27-25-22(15)30-20(33)14-36-25)29-18-7-8-26-23(34)21(18)24(35)28-16-3-5-17(6-4-16)32-11-9-31(2)10-12-32/h3-8,13H,9-12,14H2,1-2H3,(H,28,35)(H,30,33)(H2,26,29,34). The number of carbonyl (C=O) groups is 2. The predicted molar refractivity (Wildman–Crippen MR) is 138 cm³/mol. The number of hydrogen-bond donors (Lipinski definition) is 4. The lowest BCUT2D eigenvalue weighted by Gasteiger charge is -2.34. The van der Waals surface area contributed by atoms with Gasteiger partial charge < -0.3 is 35.5 Å². The van der Waals surface area contributed by atoms with Crippen molar-refractivity contribution in [3.05, 3.63) is 64.2 Å². The van der Waals surface area contributed by atoms with Crippen LogP contribution < -0.4 is 31.1 Å². The molecule has 0 spiro atoms. The third kappa shape index (κ3) is 4.73. The minimum absolute atomic E-state index is 0.0712. The number of nitrogens with one attached hydrogen (secondary N) is 4. The van der Waals surface area contributed by atoms with Crippen molar-refractivity contribution < 1.29 is 14.3 Å². The smallest absolute Gasteiger partial charge is 0.263 e. The molecule has 0 radical (unpaired) electrons. The third-order valence-electron chi connectivity index (χ3n) is 6.36. The molecule has 11 nitrogen and oxygen atoms in total. The van der Waals surface area contributed by atoms with Crippen LogP contribution in [-0.4, -0.2) is 66.5 Å². The van der Waals surface area contributed by atoms with Crippen molar-refractivity contribution in [1.82, 2.24) is 14.9 Å². The fourth-order valence-electron chi connectivity index (χ4n) is 4.24. The number of rotatable bonds is 5. The van der Waals surface area contributed by atoms with Crippen LogP contribution in [0.25, 0.3) is 0 Å². The molecule has 5 rings (SSSR count). The highest BCUT2D eigenvalue weighted by molar-refractivity contribution is 6.08. The lowest BCUT2D eigenvalue weighted by molar-refractivity contribution is -0.118.